The smallest absolute Gasteiger partial charge is 0.221 e. The standard InChI is InChI=1S/C23H20FNO3/c24-16-9-11-17(12-10-16)27-14-13-25-23(26)15-20-18-5-1-3-7-21(18)28-22-8-4-2-6-19(20)22/h1-12,20H,13-15H2,(H,25,26). The lowest BCUT2D eigenvalue weighted by Crippen LogP contribution is -2.30. The van der Waals surface area contributed by atoms with Crippen LogP contribution in [0.5, 0.6) is 17.2 Å². The molecule has 0 radical (unpaired) electrons. The van der Waals surface area contributed by atoms with Crippen LogP contribution in [-0.2, 0) is 4.79 Å². The highest BCUT2D eigenvalue weighted by molar-refractivity contribution is 5.78. The van der Waals surface area contributed by atoms with E-state index < -0.39 is 0 Å². The lowest BCUT2D eigenvalue weighted by molar-refractivity contribution is -0.121. The summed E-state index contributed by atoms with van der Waals surface area (Å²) < 4.78 is 24.4. The quantitative estimate of drug-likeness (QED) is 0.636. The predicted molar refractivity (Wildman–Crippen MR) is 104 cm³/mol. The van der Waals surface area contributed by atoms with Gasteiger partial charge in [0, 0.05) is 23.5 Å². The van der Waals surface area contributed by atoms with E-state index in [0.29, 0.717) is 25.3 Å². The molecule has 5 heteroatoms. The Labute approximate surface area is 162 Å². The molecule has 1 heterocycles. The molecule has 4 rings (SSSR count). The van der Waals surface area contributed by atoms with Crippen molar-refractivity contribution in [3.63, 3.8) is 0 Å². The molecule has 1 N–H and O–H groups in total. The number of ether oxygens (including phenoxy) is 2. The summed E-state index contributed by atoms with van der Waals surface area (Å²) in [6, 6.07) is 21.4. The summed E-state index contributed by atoms with van der Waals surface area (Å²) in [5.74, 6) is 1.73. The molecule has 3 aromatic carbocycles. The molecular weight excluding hydrogens is 357 g/mol. The van der Waals surface area contributed by atoms with Crippen LogP contribution in [0, 0.1) is 5.82 Å². The van der Waals surface area contributed by atoms with Crippen molar-refractivity contribution in [2.75, 3.05) is 13.2 Å². The van der Waals surface area contributed by atoms with Gasteiger partial charge < -0.3 is 14.8 Å². The number of halogens is 1. The van der Waals surface area contributed by atoms with Gasteiger partial charge in [0.1, 0.15) is 29.7 Å². The number of carbonyl (C=O) groups excluding carboxylic acids is 1. The van der Waals surface area contributed by atoms with Gasteiger partial charge in [-0.3, -0.25) is 4.79 Å². The molecule has 1 aliphatic heterocycles. The molecule has 1 aliphatic rings. The zero-order valence-corrected chi connectivity index (χ0v) is 15.2. The molecule has 4 nitrogen and oxygen atoms in total. The summed E-state index contributed by atoms with van der Waals surface area (Å²) in [5, 5.41) is 2.89. The number of rotatable bonds is 6. The number of carbonyl (C=O) groups is 1. The zero-order chi connectivity index (χ0) is 19.3. The molecule has 0 unspecified atom stereocenters. The molecule has 0 aromatic heterocycles. The second kappa shape index (κ2) is 8.13. The van der Waals surface area contributed by atoms with Gasteiger partial charge in [-0.05, 0) is 36.4 Å². The van der Waals surface area contributed by atoms with E-state index in [2.05, 4.69) is 5.32 Å². The van der Waals surface area contributed by atoms with Crippen molar-refractivity contribution in [3.8, 4) is 17.2 Å². The SMILES string of the molecule is O=C(CC1c2ccccc2Oc2ccccc21)NCCOc1ccc(F)cc1. The average Bonchev–Trinajstić information content (AvgIpc) is 2.72. The minimum Gasteiger partial charge on any atom is -0.492 e. The van der Waals surface area contributed by atoms with Crippen LogP contribution in [0.15, 0.2) is 72.8 Å². The normalized spacial score (nSPS) is 12.5. The fourth-order valence-corrected chi connectivity index (χ4v) is 3.38. The van der Waals surface area contributed by atoms with Crippen LogP contribution in [0.4, 0.5) is 4.39 Å². The molecule has 0 atom stereocenters. The van der Waals surface area contributed by atoms with Gasteiger partial charge in [0.15, 0.2) is 0 Å². The third kappa shape index (κ3) is 3.98. The van der Waals surface area contributed by atoms with Crippen molar-refractivity contribution in [1.29, 1.82) is 0 Å². The van der Waals surface area contributed by atoms with E-state index >= 15 is 0 Å². The molecule has 0 spiro atoms. The Hall–Kier alpha value is -3.34. The highest BCUT2D eigenvalue weighted by Crippen LogP contribution is 2.45. The Morgan fingerprint density at radius 1 is 0.929 bits per heavy atom. The number of benzene rings is 3. The maximum absolute atomic E-state index is 12.9. The summed E-state index contributed by atoms with van der Waals surface area (Å²) >= 11 is 0. The first-order chi connectivity index (χ1) is 13.7. The maximum atomic E-state index is 12.9. The fourth-order valence-electron chi connectivity index (χ4n) is 3.38. The van der Waals surface area contributed by atoms with Crippen molar-refractivity contribution in [2.45, 2.75) is 12.3 Å². The van der Waals surface area contributed by atoms with Gasteiger partial charge in [-0.2, -0.15) is 0 Å². The van der Waals surface area contributed by atoms with E-state index in [9.17, 15) is 9.18 Å². The van der Waals surface area contributed by atoms with Gasteiger partial charge in [0.2, 0.25) is 5.91 Å². The third-order valence-electron chi connectivity index (χ3n) is 4.70. The van der Waals surface area contributed by atoms with Gasteiger partial charge in [0.05, 0.1) is 6.54 Å². The van der Waals surface area contributed by atoms with E-state index in [1.165, 1.54) is 12.1 Å². The Morgan fingerprint density at radius 3 is 2.18 bits per heavy atom. The summed E-state index contributed by atoms with van der Waals surface area (Å²) in [6.45, 7) is 0.695. The van der Waals surface area contributed by atoms with Crippen LogP contribution in [-0.4, -0.2) is 19.1 Å². The molecule has 0 saturated carbocycles. The third-order valence-corrected chi connectivity index (χ3v) is 4.70. The van der Waals surface area contributed by atoms with Gasteiger partial charge in [0.25, 0.3) is 0 Å². The molecule has 142 valence electrons. The van der Waals surface area contributed by atoms with E-state index in [1.807, 2.05) is 48.5 Å². The molecule has 0 aliphatic carbocycles. The van der Waals surface area contributed by atoms with Crippen LogP contribution in [0.3, 0.4) is 0 Å². The second-order valence-corrected chi connectivity index (χ2v) is 6.59. The van der Waals surface area contributed by atoms with Crippen LogP contribution < -0.4 is 14.8 Å². The van der Waals surface area contributed by atoms with Crippen molar-refractivity contribution in [2.24, 2.45) is 0 Å². The summed E-state index contributed by atoms with van der Waals surface area (Å²) in [4.78, 5) is 12.5. The van der Waals surface area contributed by atoms with Crippen molar-refractivity contribution < 1.29 is 18.7 Å². The Bertz CT molecular complexity index is 926. The van der Waals surface area contributed by atoms with Crippen LogP contribution in [0.25, 0.3) is 0 Å². The maximum Gasteiger partial charge on any atom is 0.221 e. The number of fused-ring (bicyclic) bond motifs is 2. The molecule has 0 saturated heterocycles. The van der Waals surface area contributed by atoms with Crippen molar-refractivity contribution in [3.05, 3.63) is 89.7 Å². The van der Waals surface area contributed by atoms with Gasteiger partial charge in [-0.25, -0.2) is 4.39 Å². The fraction of sp³-hybridized carbons (Fsp3) is 0.174. The van der Waals surface area contributed by atoms with Crippen LogP contribution in [0.1, 0.15) is 23.5 Å². The average molecular weight is 377 g/mol. The van der Waals surface area contributed by atoms with Gasteiger partial charge in [-0.15, -0.1) is 0 Å². The number of hydrogen-bond acceptors (Lipinski definition) is 3. The Morgan fingerprint density at radius 2 is 1.54 bits per heavy atom. The predicted octanol–water partition coefficient (Wildman–Crippen LogP) is 4.65. The van der Waals surface area contributed by atoms with Crippen molar-refractivity contribution in [1.82, 2.24) is 5.32 Å². The topological polar surface area (TPSA) is 47.6 Å². The Kier molecular flexibility index (Phi) is 5.24. The molecular formula is C23H20FNO3. The minimum absolute atomic E-state index is 0.0563. The van der Waals surface area contributed by atoms with Crippen molar-refractivity contribution >= 4 is 5.91 Å². The number of hydrogen-bond donors (Lipinski definition) is 1. The molecule has 0 fully saturated rings. The lowest BCUT2D eigenvalue weighted by atomic mass is 9.85. The first-order valence-corrected chi connectivity index (χ1v) is 9.21. The molecule has 0 bridgehead atoms. The highest BCUT2D eigenvalue weighted by Gasteiger charge is 2.28. The molecule has 1 amide bonds. The number of nitrogens with one attached hydrogen (secondary N) is 1. The largest absolute Gasteiger partial charge is 0.492 e. The first kappa shape index (κ1) is 18.0. The van der Waals surface area contributed by atoms with E-state index in [4.69, 9.17) is 9.47 Å². The first-order valence-electron chi connectivity index (χ1n) is 9.21. The minimum atomic E-state index is -0.308. The highest BCUT2D eigenvalue weighted by atomic mass is 19.1. The van der Waals surface area contributed by atoms with Gasteiger partial charge >= 0.3 is 0 Å². The van der Waals surface area contributed by atoms with Gasteiger partial charge in [-0.1, -0.05) is 36.4 Å². The van der Waals surface area contributed by atoms with Crippen LogP contribution >= 0.6 is 0 Å². The van der Waals surface area contributed by atoms with Crippen LogP contribution in [0.2, 0.25) is 0 Å². The lowest BCUT2D eigenvalue weighted by Gasteiger charge is -2.27. The van der Waals surface area contributed by atoms with E-state index in [0.717, 1.165) is 22.6 Å². The zero-order valence-electron chi connectivity index (χ0n) is 15.2. The molecule has 3 aromatic rings. The van der Waals surface area contributed by atoms with E-state index in [1.54, 1.807) is 12.1 Å². The second-order valence-electron chi connectivity index (χ2n) is 6.59. The summed E-state index contributed by atoms with van der Waals surface area (Å²) in [7, 11) is 0. The number of amides is 1. The Balaban J connectivity index is 1.37. The summed E-state index contributed by atoms with van der Waals surface area (Å²) in [6.07, 6.45) is 0.327. The molecule has 28 heavy (non-hydrogen) atoms. The van der Waals surface area contributed by atoms with E-state index in [-0.39, 0.29) is 17.6 Å². The number of para-hydroxylation sites is 2. The summed E-state index contributed by atoms with van der Waals surface area (Å²) in [5.41, 5.74) is 2.03. The monoisotopic (exact) mass is 377 g/mol.